The van der Waals surface area contributed by atoms with Gasteiger partial charge in [0.2, 0.25) is 5.96 Å². The van der Waals surface area contributed by atoms with Gasteiger partial charge in [-0.1, -0.05) is 24.0 Å². The smallest absolute Gasteiger partial charge is 0.211 e. The first-order valence-electron chi connectivity index (χ1n) is 3.56. The Morgan fingerprint density at radius 3 is 2.47 bits per heavy atom. The molecule has 0 spiro atoms. The fourth-order valence-electron chi connectivity index (χ4n) is 0.386. The summed E-state index contributed by atoms with van der Waals surface area (Å²) in [6.45, 7) is 1.71. The highest BCUT2D eigenvalue weighted by Crippen LogP contribution is 1.92. The van der Waals surface area contributed by atoms with E-state index in [1.807, 2.05) is 6.26 Å². The molecule has 0 aromatic carbocycles. The molecule has 15 heavy (non-hydrogen) atoms. The molecule has 9 heteroatoms. The minimum Gasteiger partial charge on any atom is -0.369 e. The lowest BCUT2D eigenvalue weighted by Crippen LogP contribution is -2.22. The second kappa shape index (κ2) is 9.69. The molecular formula is C6H13ClN6S2. The number of thiocarbonyl (C=S) groups is 1. The standard InChI is InChI=1S/C6H12N6S2.ClH/c1-4(10-11-5(7)8)3-9-12-6(13)14-2;/h3H,1-2H3,(H,12,13)(H4,7,8,11);1H/b9-3-,10-4-;. The number of hydrogen-bond donors (Lipinski definition) is 3. The Hall–Kier alpha value is -0.860. The summed E-state index contributed by atoms with van der Waals surface area (Å²) in [6, 6.07) is 0. The fraction of sp³-hybridized carbons (Fsp3) is 0.333. The van der Waals surface area contributed by atoms with Crippen molar-refractivity contribution in [2.24, 2.45) is 26.8 Å². The number of hydrogen-bond acceptors (Lipinski definition) is 5. The molecule has 0 fully saturated rings. The minimum atomic E-state index is -0.0923. The lowest BCUT2D eigenvalue weighted by atomic mass is 10.5. The quantitative estimate of drug-likeness (QED) is 0.295. The molecule has 0 bridgehead atoms. The van der Waals surface area contributed by atoms with E-state index in [0.717, 1.165) is 0 Å². The molecule has 0 aliphatic rings. The van der Waals surface area contributed by atoms with E-state index in [4.69, 9.17) is 23.7 Å². The predicted octanol–water partition coefficient (Wildman–Crippen LogP) is 0.281. The molecule has 0 amide bonds. The predicted molar refractivity (Wildman–Crippen MR) is 73.9 cm³/mol. The van der Waals surface area contributed by atoms with Gasteiger partial charge in [-0.3, -0.25) is 5.43 Å². The number of nitrogens with two attached hydrogens (primary N) is 2. The van der Waals surface area contributed by atoms with Gasteiger partial charge in [0.25, 0.3) is 0 Å². The average Bonchev–Trinajstić information content (AvgIpc) is 2.14. The zero-order chi connectivity index (χ0) is 11.0. The van der Waals surface area contributed by atoms with Gasteiger partial charge in [-0.2, -0.15) is 10.2 Å². The summed E-state index contributed by atoms with van der Waals surface area (Å²) in [7, 11) is 0. The van der Waals surface area contributed by atoms with E-state index in [2.05, 4.69) is 20.7 Å². The number of rotatable bonds is 3. The van der Waals surface area contributed by atoms with Crippen LogP contribution in [0.2, 0.25) is 0 Å². The van der Waals surface area contributed by atoms with E-state index in [-0.39, 0.29) is 18.4 Å². The maximum absolute atomic E-state index is 5.08. The highest BCUT2D eigenvalue weighted by Gasteiger charge is 1.87. The van der Waals surface area contributed by atoms with Crippen molar-refractivity contribution in [1.29, 1.82) is 0 Å². The van der Waals surface area contributed by atoms with Crippen LogP contribution < -0.4 is 16.9 Å². The number of nitrogens with zero attached hydrogens (tertiary/aromatic N) is 3. The highest BCUT2D eigenvalue weighted by molar-refractivity contribution is 8.22. The molecule has 0 saturated carbocycles. The zero-order valence-corrected chi connectivity index (χ0v) is 10.7. The van der Waals surface area contributed by atoms with Gasteiger partial charge < -0.3 is 11.5 Å². The second-order valence-electron chi connectivity index (χ2n) is 2.13. The SMILES string of the molecule is CSC(=S)N/N=C\C(C)=N/N=C(N)N.Cl. The molecule has 86 valence electrons. The molecule has 0 radical (unpaired) electrons. The third-order valence-corrected chi connectivity index (χ3v) is 1.97. The van der Waals surface area contributed by atoms with E-state index < -0.39 is 0 Å². The maximum atomic E-state index is 5.08. The molecule has 0 saturated heterocycles. The lowest BCUT2D eigenvalue weighted by Gasteiger charge is -1.95. The number of halogens is 1. The maximum Gasteiger partial charge on any atom is 0.211 e. The summed E-state index contributed by atoms with van der Waals surface area (Å²) in [5.74, 6) is -0.0923. The van der Waals surface area contributed by atoms with E-state index in [1.54, 1.807) is 6.92 Å². The van der Waals surface area contributed by atoms with Gasteiger partial charge in [0.05, 0.1) is 11.9 Å². The Kier molecular flexibility index (Phi) is 10.7. The Morgan fingerprint density at radius 1 is 1.40 bits per heavy atom. The van der Waals surface area contributed by atoms with Gasteiger partial charge >= 0.3 is 0 Å². The van der Waals surface area contributed by atoms with Crippen molar-refractivity contribution in [2.75, 3.05) is 6.26 Å². The van der Waals surface area contributed by atoms with Gasteiger partial charge in [0, 0.05) is 0 Å². The average molecular weight is 269 g/mol. The Morgan fingerprint density at radius 2 is 2.00 bits per heavy atom. The molecule has 0 aliphatic carbocycles. The third kappa shape index (κ3) is 11.1. The molecule has 0 aliphatic heterocycles. The van der Waals surface area contributed by atoms with Gasteiger partial charge in [-0.05, 0) is 13.2 Å². The molecule has 0 atom stereocenters. The molecule has 6 nitrogen and oxygen atoms in total. The zero-order valence-electron chi connectivity index (χ0n) is 8.30. The van der Waals surface area contributed by atoms with Gasteiger partial charge in [0.15, 0.2) is 4.32 Å². The van der Waals surface area contributed by atoms with Crippen molar-refractivity contribution in [3.63, 3.8) is 0 Å². The number of nitrogens with one attached hydrogen (secondary N) is 1. The van der Waals surface area contributed by atoms with Crippen LogP contribution in [0, 0.1) is 0 Å². The highest BCUT2D eigenvalue weighted by atomic mass is 35.5. The van der Waals surface area contributed by atoms with Gasteiger partial charge in [0.1, 0.15) is 0 Å². The van der Waals surface area contributed by atoms with Crippen LogP contribution in [-0.4, -0.2) is 28.5 Å². The fourth-order valence-corrected chi connectivity index (χ4v) is 0.583. The van der Waals surface area contributed by atoms with E-state index in [1.165, 1.54) is 18.0 Å². The first-order valence-corrected chi connectivity index (χ1v) is 5.19. The Balaban J connectivity index is 0. The first-order chi connectivity index (χ1) is 6.56. The number of hydrazone groups is 1. The monoisotopic (exact) mass is 268 g/mol. The van der Waals surface area contributed by atoms with Crippen LogP contribution in [-0.2, 0) is 0 Å². The summed E-state index contributed by atoms with van der Waals surface area (Å²) in [5, 5.41) is 10.9. The van der Waals surface area contributed by atoms with Crippen LogP contribution in [0.25, 0.3) is 0 Å². The molecule has 0 aromatic heterocycles. The lowest BCUT2D eigenvalue weighted by molar-refractivity contribution is 1.08. The van der Waals surface area contributed by atoms with Crippen molar-refractivity contribution >= 4 is 58.6 Å². The van der Waals surface area contributed by atoms with Gasteiger partial charge in [-0.15, -0.1) is 17.5 Å². The van der Waals surface area contributed by atoms with Crippen molar-refractivity contribution in [1.82, 2.24) is 5.43 Å². The molecule has 0 rings (SSSR count). The Bertz CT molecular complexity index is 283. The summed E-state index contributed by atoms with van der Waals surface area (Å²) >= 11 is 6.24. The summed E-state index contributed by atoms with van der Waals surface area (Å²) in [4.78, 5) is 0. The summed E-state index contributed by atoms with van der Waals surface area (Å²) in [6.07, 6.45) is 3.32. The molecule has 0 heterocycles. The van der Waals surface area contributed by atoms with Crippen molar-refractivity contribution in [3.8, 4) is 0 Å². The number of thioether (sulfide) groups is 1. The van der Waals surface area contributed by atoms with E-state index >= 15 is 0 Å². The minimum absolute atomic E-state index is 0. The van der Waals surface area contributed by atoms with Crippen LogP contribution in [0.5, 0.6) is 0 Å². The van der Waals surface area contributed by atoms with E-state index in [0.29, 0.717) is 10.0 Å². The second-order valence-corrected chi connectivity index (χ2v) is 3.61. The van der Waals surface area contributed by atoms with Crippen molar-refractivity contribution < 1.29 is 0 Å². The molecule has 0 aromatic rings. The topological polar surface area (TPSA) is 101 Å². The number of guanidine groups is 1. The largest absolute Gasteiger partial charge is 0.369 e. The molecular weight excluding hydrogens is 256 g/mol. The third-order valence-electron chi connectivity index (χ3n) is 0.916. The van der Waals surface area contributed by atoms with Crippen LogP contribution >= 0.6 is 36.4 Å². The van der Waals surface area contributed by atoms with Crippen LogP contribution in [0.1, 0.15) is 6.92 Å². The van der Waals surface area contributed by atoms with E-state index in [9.17, 15) is 0 Å². The summed E-state index contributed by atoms with van der Waals surface area (Å²) < 4.78 is 0.580. The normalized spacial score (nSPS) is 10.7. The van der Waals surface area contributed by atoms with Crippen LogP contribution in [0.4, 0.5) is 0 Å². The van der Waals surface area contributed by atoms with Crippen LogP contribution in [0.3, 0.4) is 0 Å². The van der Waals surface area contributed by atoms with Gasteiger partial charge in [-0.25, -0.2) is 0 Å². The van der Waals surface area contributed by atoms with Crippen molar-refractivity contribution in [2.45, 2.75) is 6.92 Å². The molecule has 5 N–H and O–H groups in total. The summed E-state index contributed by atoms with van der Waals surface area (Å²) in [5.41, 5.74) is 13.3. The first kappa shape index (κ1) is 16.6. The molecule has 0 unspecified atom stereocenters. The van der Waals surface area contributed by atoms with Crippen molar-refractivity contribution in [3.05, 3.63) is 0 Å². The van der Waals surface area contributed by atoms with Crippen LogP contribution in [0.15, 0.2) is 15.3 Å². The Labute approximate surface area is 104 Å².